The van der Waals surface area contributed by atoms with Crippen molar-refractivity contribution in [2.75, 3.05) is 46.3 Å². The van der Waals surface area contributed by atoms with E-state index in [9.17, 15) is 4.79 Å². The number of hydrogen-bond donors (Lipinski definition) is 2. The lowest BCUT2D eigenvalue weighted by Crippen LogP contribution is -2.63. The van der Waals surface area contributed by atoms with Crippen molar-refractivity contribution in [3.05, 3.63) is 0 Å². The molecule has 0 radical (unpaired) electrons. The minimum absolute atomic E-state index is 0. The molecule has 0 saturated carbocycles. The van der Waals surface area contributed by atoms with Crippen molar-refractivity contribution < 1.29 is 9.53 Å². The van der Waals surface area contributed by atoms with E-state index in [-0.39, 0.29) is 36.1 Å². The van der Waals surface area contributed by atoms with Crippen LogP contribution in [0.2, 0.25) is 0 Å². The first kappa shape index (κ1) is 22.3. The summed E-state index contributed by atoms with van der Waals surface area (Å²) >= 11 is 0. The number of aliphatic imine (C=N–C) groups is 1. The monoisotopic (exact) mass is 467 g/mol. The quantitative estimate of drug-likeness (QED) is 0.376. The van der Waals surface area contributed by atoms with Crippen molar-refractivity contribution in [3.8, 4) is 0 Å². The Morgan fingerprint density at radius 1 is 1.20 bits per heavy atom. The Hall–Kier alpha value is -0.770. The van der Waals surface area contributed by atoms with Gasteiger partial charge in [0.15, 0.2) is 5.96 Å². The summed E-state index contributed by atoms with van der Waals surface area (Å²) in [4.78, 5) is 20.4. The predicted molar refractivity (Wildman–Crippen MR) is 112 cm³/mol. The Balaban J connectivity index is 0.00000312. The normalized spacial score (nSPS) is 19.7. The van der Waals surface area contributed by atoms with Crippen LogP contribution in [-0.4, -0.2) is 79.8 Å². The van der Waals surface area contributed by atoms with E-state index in [1.54, 1.807) is 11.9 Å². The van der Waals surface area contributed by atoms with Crippen molar-refractivity contribution in [2.45, 2.75) is 51.7 Å². The van der Waals surface area contributed by atoms with Crippen LogP contribution in [0.4, 0.5) is 4.79 Å². The molecule has 0 bridgehead atoms. The van der Waals surface area contributed by atoms with Crippen LogP contribution in [0.3, 0.4) is 0 Å². The highest BCUT2D eigenvalue weighted by Crippen LogP contribution is 2.15. The summed E-state index contributed by atoms with van der Waals surface area (Å²) in [6.45, 7) is 11.3. The second-order valence-corrected chi connectivity index (χ2v) is 7.63. The fourth-order valence-corrected chi connectivity index (χ4v) is 2.95. The van der Waals surface area contributed by atoms with E-state index < -0.39 is 5.60 Å². The standard InChI is InChI=1S/C17H33N5O2.HI/c1-17(2,3)24-16(23)22-12-14(13-22)20-15(18-4)19-8-11-21-9-6-5-7-10-21;/h14H,5-13H2,1-4H3,(H2,18,19,20);1H. The second-order valence-electron chi connectivity index (χ2n) is 7.63. The number of amides is 1. The lowest BCUT2D eigenvalue weighted by atomic mass is 10.1. The van der Waals surface area contributed by atoms with E-state index in [2.05, 4.69) is 20.5 Å². The third-order valence-corrected chi connectivity index (χ3v) is 4.27. The lowest BCUT2D eigenvalue weighted by Gasteiger charge is -2.40. The van der Waals surface area contributed by atoms with Gasteiger partial charge in [-0.25, -0.2) is 4.79 Å². The Morgan fingerprint density at radius 2 is 1.84 bits per heavy atom. The molecule has 2 saturated heterocycles. The van der Waals surface area contributed by atoms with Gasteiger partial charge in [0.25, 0.3) is 0 Å². The van der Waals surface area contributed by atoms with Crippen molar-refractivity contribution in [1.82, 2.24) is 20.4 Å². The summed E-state index contributed by atoms with van der Waals surface area (Å²) in [6, 6.07) is 0.235. The molecule has 8 heteroatoms. The van der Waals surface area contributed by atoms with Crippen LogP contribution in [0.15, 0.2) is 4.99 Å². The molecule has 2 aliphatic heterocycles. The Morgan fingerprint density at radius 3 is 2.40 bits per heavy atom. The van der Waals surface area contributed by atoms with Crippen LogP contribution in [0.25, 0.3) is 0 Å². The molecule has 0 aromatic rings. The number of nitrogens with one attached hydrogen (secondary N) is 2. The lowest BCUT2D eigenvalue weighted by molar-refractivity contribution is 0.00701. The van der Waals surface area contributed by atoms with Crippen LogP contribution in [0, 0.1) is 0 Å². The molecule has 2 N–H and O–H groups in total. The molecule has 2 aliphatic rings. The van der Waals surface area contributed by atoms with Gasteiger partial charge in [0, 0.05) is 33.2 Å². The number of carbonyl (C=O) groups is 1. The zero-order chi connectivity index (χ0) is 17.6. The maximum Gasteiger partial charge on any atom is 0.410 e. The van der Waals surface area contributed by atoms with E-state index in [1.165, 1.54) is 32.4 Å². The van der Waals surface area contributed by atoms with Gasteiger partial charge in [-0.2, -0.15) is 0 Å². The summed E-state index contributed by atoms with van der Waals surface area (Å²) in [5.74, 6) is 0.806. The number of likely N-dealkylation sites (tertiary alicyclic amines) is 2. The van der Waals surface area contributed by atoms with Crippen molar-refractivity contribution >= 4 is 36.0 Å². The number of hydrogen-bond acceptors (Lipinski definition) is 4. The summed E-state index contributed by atoms with van der Waals surface area (Å²) in [6.07, 6.45) is 3.75. The number of halogens is 1. The SMILES string of the molecule is CN=C(NCCN1CCCCC1)NC1CN(C(=O)OC(C)(C)C)C1.I. The highest BCUT2D eigenvalue weighted by atomic mass is 127. The summed E-state index contributed by atoms with van der Waals surface area (Å²) in [5.41, 5.74) is -0.443. The summed E-state index contributed by atoms with van der Waals surface area (Å²) < 4.78 is 5.36. The molecule has 7 nitrogen and oxygen atoms in total. The van der Waals surface area contributed by atoms with E-state index in [0.717, 1.165) is 19.0 Å². The molecule has 25 heavy (non-hydrogen) atoms. The first-order valence-corrected chi connectivity index (χ1v) is 9.05. The van der Waals surface area contributed by atoms with Gasteiger partial charge in [-0.3, -0.25) is 4.99 Å². The number of ether oxygens (including phenoxy) is 1. The molecular weight excluding hydrogens is 433 g/mol. The highest BCUT2D eigenvalue weighted by Gasteiger charge is 2.34. The van der Waals surface area contributed by atoms with Crippen molar-refractivity contribution in [3.63, 3.8) is 0 Å². The molecule has 0 unspecified atom stereocenters. The predicted octanol–water partition coefficient (Wildman–Crippen LogP) is 1.87. The van der Waals surface area contributed by atoms with Gasteiger partial charge in [0.2, 0.25) is 0 Å². The minimum Gasteiger partial charge on any atom is -0.444 e. The zero-order valence-electron chi connectivity index (χ0n) is 16.0. The first-order chi connectivity index (χ1) is 11.4. The number of rotatable bonds is 4. The summed E-state index contributed by atoms with van der Waals surface area (Å²) in [7, 11) is 1.78. The van der Waals surface area contributed by atoms with E-state index >= 15 is 0 Å². The van der Waals surface area contributed by atoms with Gasteiger partial charge < -0.3 is 25.2 Å². The first-order valence-electron chi connectivity index (χ1n) is 9.05. The van der Waals surface area contributed by atoms with Crippen LogP contribution in [-0.2, 0) is 4.74 Å². The van der Waals surface area contributed by atoms with Gasteiger partial charge >= 0.3 is 6.09 Å². The second kappa shape index (κ2) is 10.4. The molecule has 2 fully saturated rings. The number of piperidine rings is 1. The maximum absolute atomic E-state index is 11.9. The molecule has 0 aromatic carbocycles. The van der Waals surface area contributed by atoms with Crippen LogP contribution in [0.5, 0.6) is 0 Å². The van der Waals surface area contributed by atoms with Gasteiger partial charge in [0.1, 0.15) is 5.60 Å². The molecule has 0 atom stereocenters. The average molecular weight is 467 g/mol. The minimum atomic E-state index is -0.443. The molecule has 1 amide bonds. The Kier molecular flexibility index (Phi) is 9.26. The third-order valence-electron chi connectivity index (χ3n) is 4.27. The Labute approximate surface area is 169 Å². The molecule has 0 aliphatic carbocycles. The van der Waals surface area contributed by atoms with Crippen molar-refractivity contribution in [2.24, 2.45) is 4.99 Å². The molecule has 2 heterocycles. The average Bonchev–Trinajstić information content (AvgIpc) is 2.47. The smallest absolute Gasteiger partial charge is 0.410 e. The molecule has 146 valence electrons. The molecular formula is C17H34IN5O2. The molecule has 0 spiro atoms. The number of guanidine groups is 1. The van der Waals surface area contributed by atoms with Gasteiger partial charge in [-0.05, 0) is 46.7 Å². The topological polar surface area (TPSA) is 69.2 Å². The van der Waals surface area contributed by atoms with E-state index in [4.69, 9.17) is 4.74 Å². The fourth-order valence-electron chi connectivity index (χ4n) is 2.95. The van der Waals surface area contributed by atoms with Crippen LogP contribution >= 0.6 is 24.0 Å². The van der Waals surface area contributed by atoms with Gasteiger partial charge in [-0.1, -0.05) is 6.42 Å². The molecule has 0 aromatic heterocycles. The number of nitrogens with zero attached hydrogens (tertiary/aromatic N) is 3. The fraction of sp³-hybridized carbons (Fsp3) is 0.882. The Bertz CT molecular complexity index is 441. The maximum atomic E-state index is 11.9. The largest absolute Gasteiger partial charge is 0.444 e. The van der Waals surface area contributed by atoms with Gasteiger partial charge in [-0.15, -0.1) is 24.0 Å². The van der Waals surface area contributed by atoms with E-state index in [0.29, 0.717) is 13.1 Å². The number of carbonyl (C=O) groups excluding carboxylic acids is 1. The van der Waals surface area contributed by atoms with Crippen molar-refractivity contribution in [1.29, 1.82) is 0 Å². The molecule has 2 rings (SSSR count). The van der Waals surface area contributed by atoms with Crippen LogP contribution < -0.4 is 10.6 Å². The zero-order valence-corrected chi connectivity index (χ0v) is 18.3. The van der Waals surface area contributed by atoms with Gasteiger partial charge in [0.05, 0.1) is 6.04 Å². The summed E-state index contributed by atoms with van der Waals surface area (Å²) in [5, 5.41) is 6.72. The highest BCUT2D eigenvalue weighted by molar-refractivity contribution is 14.0. The van der Waals surface area contributed by atoms with Crippen LogP contribution in [0.1, 0.15) is 40.0 Å². The van der Waals surface area contributed by atoms with E-state index in [1.807, 2.05) is 20.8 Å². The third kappa shape index (κ3) is 7.98.